The fourth-order valence-corrected chi connectivity index (χ4v) is 1.87. The molecule has 1 aromatic heterocycles. The molecular weight excluding hydrogens is 216 g/mol. The minimum atomic E-state index is -0.868. The van der Waals surface area contributed by atoms with Gasteiger partial charge in [-0.15, -0.1) is 0 Å². The van der Waals surface area contributed by atoms with Crippen LogP contribution in [0.1, 0.15) is 39.1 Å². The van der Waals surface area contributed by atoms with Crippen molar-refractivity contribution in [3.8, 4) is 0 Å². The lowest BCUT2D eigenvalue weighted by molar-refractivity contribution is -0.0725. The van der Waals surface area contributed by atoms with E-state index in [1.54, 1.807) is 14.0 Å². The van der Waals surface area contributed by atoms with Gasteiger partial charge < -0.3 is 9.84 Å². The Kier molecular flexibility index (Phi) is 4.71. The van der Waals surface area contributed by atoms with E-state index < -0.39 is 5.60 Å². The third kappa shape index (κ3) is 3.30. The Balaban J connectivity index is 2.89. The van der Waals surface area contributed by atoms with Crippen LogP contribution in [-0.2, 0) is 24.1 Å². The van der Waals surface area contributed by atoms with Crippen molar-refractivity contribution < 1.29 is 9.84 Å². The topological polar surface area (TPSA) is 47.3 Å². The molecule has 0 amide bonds. The molecule has 0 radical (unpaired) electrons. The van der Waals surface area contributed by atoms with E-state index in [4.69, 9.17) is 4.74 Å². The Morgan fingerprint density at radius 3 is 2.65 bits per heavy atom. The van der Waals surface area contributed by atoms with Gasteiger partial charge in [-0.25, -0.2) is 0 Å². The molecule has 0 aliphatic rings. The van der Waals surface area contributed by atoms with Crippen molar-refractivity contribution in [1.82, 2.24) is 9.78 Å². The first kappa shape index (κ1) is 14.2. The average molecular weight is 240 g/mol. The Morgan fingerprint density at radius 2 is 2.18 bits per heavy atom. The second-order valence-corrected chi connectivity index (χ2v) is 4.71. The zero-order valence-corrected chi connectivity index (χ0v) is 11.5. The van der Waals surface area contributed by atoms with Crippen LogP contribution in [0.2, 0.25) is 0 Å². The van der Waals surface area contributed by atoms with Crippen molar-refractivity contribution in [3.63, 3.8) is 0 Å². The highest BCUT2D eigenvalue weighted by atomic mass is 16.5. The molecule has 98 valence electrons. The van der Waals surface area contributed by atoms with Gasteiger partial charge in [0.1, 0.15) is 0 Å². The highest BCUT2D eigenvalue weighted by molar-refractivity contribution is 5.13. The van der Waals surface area contributed by atoms with Crippen LogP contribution in [0.5, 0.6) is 0 Å². The number of aromatic nitrogens is 2. The fourth-order valence-electron chi connectivity index (χ4n) is 1.87. The number of ether oxygens (including phenoxy) is 1. The van der Waals surface area contributed by atoms with Gasteiger partial charge in [-0.1, -0.05) is 6.92 Å². The summed E-state index contributed by atoms with van der Waals surface area (Å²) >= 11 is 0. The van der Waals surface area contributed by atoms with Crippen LogP contribution < -0.4 is 0 Å². The Hall–Kier alpha value is -0.870. The Bertz CT molecular complexity index is 358. The number of nitrogens with zero attached hydrogens (tertiary/aromatic N) is 2. The maximum atomic E-state index is 10.4. The first-order chi connectivity index (χ1) is 7.94. The molecule has 0 bridgehead atoms. The molecule has 2 unspecified atom stereocenters. The molecule has 4 nitrogen and oxygen atoms in total. The Morgan fingerprint density at radius 1 is 1.53 bits per heavy atom. The number of rotatable bonds is 6. The standard InChI is InChI=1S/C13H24N2O2/c1-6-11-8-12(15(7-2)14-11)9-13(4,16)10(3)17-5/h8,10,16H,6-7,9H2,1-5H3. The van der Waals surface area contributed by atoms with E-state index in [2.05, 4.69) is 25.0 Å². The molecule has 0 fully saturated rings. The van der Waals surface area contributed by atoms with Gasteiger partial charge in [0, 0.05) is 25.8 Å². The molecule has 1 rings (SSSR count). The van der Waals surface area contributed by atoms with Crippen LogP contribution in [0, 0.1) is 0 Å². The van der Waals surface area contributed by atoms with Crippen LogP contribution in [0.4, 0.5) is 0 Å². The normalized spacial score (nSPS) is 16.8. The van der Waals surface area contributed by atoms with Crippen LogP contribution in [-0.4, -0.2) is 33.7 Å². The molecule has 17 heavy (non-hydrogen) atoms. The van der Waals surface area contributed by atoms with E-state index in [1.165, 1.54) is 0 Å². The summed E-state index contributed by atoms with van der Waals surface area (Å²) in [7, 11) is 1.62. The van der Waals surface area contributed by atoms with E-state index >= 15 is 0 Å². The molecule has 0 aliphatic heterocycles. The van der Waals surface area contributed by atoms with E-state index in [-0.39, 0.29) is 6.10 Å². The zero-order valence-electron chi connectivity index (χ0n) is 11.5. The predicted octanol–water partition coefficient (Wildman–Crippen LogP) is 1.79. The summed E-state index contributed by atoms with van der Waals surface area (Å²) in [6.45, 7) is 8.66. The minimum absolute atomic E-state index is 0.201. The third-order valence-electron chi connectivity index (χ3n) is 3.34. The molecule has 1 aromatic rings. The van der Waals surface area contributed by atoms with Crippen LogP contribution in [0.25, 0.3) is 0 Å². The van der Waals surface area contributed by atoms with Gasteiger partial charge >= 0.3 is 0 Å². The second kappa shape index (κ2) is 5.65. The first-order valence-corrected chi connectivity index (χ1v) is 6.25. The van der Waals surface area contributed by atoms with Gasteiger partial charge in [0.15, 0.2) is 0 Å². The highest BCUT2D eigenvalue weighted by Gasteiger charge is 2.30. The summed E-state index contributed by atoms with van der Waals surface area (Å²) in [5, 5.41) is 14.9. The molecule has 1 N–H and O–H groups in total. The van der Waals surface area contributed by atoms with Crippen molar-refractivity contribution in [2.24, 2.45) is 0 Å². The van der Waals surface area contributed by atoms with E-state index in [0.29, 0.717) is 6.42 Å². The molecule has 1 heterocycles. The minimum Gasteiger partial charge on any atom is -0.387 e. The third-order valence-corrected chi connectivity index (χ3v) is 3.34. The first-order valence-electron chi connectivity index (χ1n) is 6.25. The van der Waals surface area contributed by atoms with E-state index in [9.17, 15) is 5.11 Å². The number of aryl methyl sites for hydroxylation is 2. The maximum Gasteiger partial charge on any atom is 0.0932 e. The van der Waals surface area contributed by atoms with Crippen molar-refractivity contribution in [2.45, 2.75) is 58.8 Å². The van der Waals surface area contributed by atoms with Crippen molar-refractivity contribution in [2.75, 3.05) is 7.11 Å². The number of aliphatic hydroxyl groups is 1. The van der Waals surface area contributed by atoms with E-state index in [1.807, 2.05) is 11.6 Å². The lowest BCUT2D eigenvalue weighted by atomic mass is 9.94. The molecule has 4 heteroatoms. The lowest BCUT2D eigenvalue weighted by Crippen LogP contribution is -2.41. The van der Waals surface area contributed by atoms with Crippen LogP contribution in [0.15, 0.2) is 6.07 Å². The monoisotopic (exact) mass is 240 g/mol. The summed E-state index contributed by atoms with van der Waals surface area (Å²) in [5.41, 5.74) is 1.27. The van der Waals surface area contributed by atoms with Gasteiger partial charge in [0.2, 0.25) is 0 Å². The number of methoxy groups -OCH3 is 1. The molecule has 0 saturated heterocycles. The quantitative estimate of drug-likeness (QED) is 0.824. The summed E-state index contributed by atoms with van der Waals surface area (Å²) in [4.78, 5) is 0. The van der Waals surface area contributed by atoms with Gasteiger partial charge in [-0.05, 0) is 33.3 Å². The molecule has 0 aromatic carbocycles. The van der Waals surface area contributed by atoms with Crippen molar-refractivity contribution >= 4 is 0 Å². The van der Waals surface area contributed by atoms with Crippen LogP contribution in [0.3, 0.4) is 0 Å². The lowest BCUT2D eigenvalue weighted by Gasteiger charge is -2.29. The molecule has 0 aliphatic carbocycles. The second-order valence-electron chi connectivity index (χ2n) is 4.71. The molecular formula is C13H24N2O2. The fraction of sp³-hybridized carbons (Fsp3) is 0.769. The number of hydrogen-bond donors (Lipinski definition) is 1. The van der Waals surface area contributed by atoms with E-state index in [0.717, 1.165) is 24.4 Å². The SMILES string of the molecule is CCc1cc(CC(C)(O)C(C)OC)n(CC)n1. The molecule has 2 atom stereocenters. The molecule has 0 saturated carbocycles. The van der Waals surface area contributed by atoms with Crippen LogP contribution >= 0.6 is 0 Å². The highest BCUT2D eigenvalue weighted by Crippen LogP contribution is 2.20. The predicted molar refractivity (Wildman–Crippen MR) is 68.1 cm³/mol. The summed E-state index contributed by atoms with van der Waals surface area (Å²) in [5.74, 6) is 0. The van der Waals surface area contributed by atoms with Crippen molar-refractivity contribution in [1.29, 1.82) is 0 Å². The Labute approximate surface area is 104 Å². The zero-order chi connectivity index (χ0) is 13.1. The average Bonchev–Trinajstić information content (AvgIpc) is 2.69. The number of hydrogen-bond acceptors (Lipinski definition) is 3. The van der Waals surface area contributed by atoms with Crippen molar-refractivity contribution in [3.05, 3.63) is 17.5 Å². The maximum absolute atomic E-state index is 10.4. The van der Waals surface area contributed by atoms with Gasteiger partial charge in [0.05, 0.1) is 17.4 Å². The largest absolute Gasteiger partial charge is 0.387 e. The summed E-state index contributed by atoms with van der Waals surface area (Å²) < 4.78 is 7.17. The smallest absolute Gasteiger partial charge is 0.0932 e. The van der Waals surface area contributed by atoms with Gasteiger partial charge in [0.25, 0.3) is 0 Å². The van der Waals surface area contributed by atoms with Gasteiger partial charge in [-0.3, -0.25) is 4.68 Å². The van der Waals surface area contributed by atoms with Gasteiger partial charge in [-0.2, -0.15) is 5.10 Å². The molecule has 0 spiro atoms. The summed E-state index contributed by atoms with van der Waals surface area (Å²) in [6.07, 6.45) is 1.28. The summed E-state index contributed by atoms with van der Waals surface area (Å²) in [6, 6.07) is 2.07.